The Morgan fingerprint density at radius 2 is 2.21 bits per heavy atom. The van der Waals surface area contributed by atoms with Gasteiger partial charge in [-0.2, -0.15) is 0 Å². The molecule has 0 radical (unpaired) electrons. The predicted octanol–water partition coefficient (Wildman–Crippen LogP) is 1.78. The van der Waals surface area contributed by atoms with Gasteiger partial charge in [-0.3, -0.25) is 0 Å². The van der Waals surface area contributed by atoms with Gasteiger partial charge in [-0.05, 0) is 31.9 Å². The molecule has 2 rings (SSSR count). The third kappa shape index (κ3) is 3.17. The van der Waals surface area contributed by atoms with Crippen LogP contribution in [0.5, 0.6) is 0 Å². The molecule has 0 saturated carbocycles. The molecule has 1 aliphatic rings. The van der Waals surface area contributed by atoms with E-state index in [9.17, 15) is 0 Å². The van der Waals surface area contributed by atoms with Crippen LogP contribution < -0.4 is 10.6 Å². The average Bonchev–Trinajstić information content (AvgIpc) is 2.83. The van der Waals surface area contributed by atoms with Gasteiger partial charge in [-0.1, -0.05) is 17.3 Å². The van der Waals surface area contributed by atoms with Crippen molar-refractivity contribution in [3.8, 4) is 0 Å². The normalized spacial score (nSPS) is 23.6. The van der Waals surface area contributed by atoms with E-state index in [1.165, 1.54) is 0 Å². The summed E-state index contributed by atoms with van der Waals surface area (Å²) in [6.45, 7) is 2.91. The fourth-order valence-electron chi connectivity index (χ4n) is 2.50. The standard InChI is InChI=1S/C14H21N3O2/c1-10-7-8-11(19-10)9-17(2)13-6-4-3-5-12(13)14(15)16-18/h3-6,10-11,18H,7-9H2,1-2H3,(H2,15,16). The first-order chi connectivity index (χ1) is 9.11. The monoisotopic (exact) mass is 263 g/mol. The van der Waals surface area contributed by atoms with Crippen LogP contribution in [0.3, 0.4) is 0 Å². The quantitative estimate of drug-likeness (QED) is 0.376. The Bertz CT molecular complexity index is 462. The molecule has 0 amide bonds. The van der Waals surface area contributed by atoms with Crippen LogP contribution in [-0.4, -0.2) is 36.8 Å². The summed E-state index contributed by atoms with van der Waals surface area (Å²) < 4.78 is 5.83. The second-order valence-corrected chi connectivity index (χ2v) is 5.03. The van der Waals surface area contributed by atoms with Crippen LogP contribution in [0.25, 0.3) is 0 Å². The van der Waals surface area contributed by atoms with E-state index in [4.69, 9.17) is 15.7 Å². The minimum absolute atomic E-state index is 0.128. The third-order valence-corrected chi connectivity index (χ3v) is 3.50. The number of nitrogens with zero attached hydrogens (tertiary/aromatic N) is 2. The number of hydrogen-bond donors (Lipinski definition) is 2. The molecule has 1 fully saturated rings. The average molecular weight is 263 g/mol. The number of oxime groups is 1. The maximum absolute atomic E-state index is 8.83. The Morgan fingerprint density at radius 1 is 1.47 bits per heavy atom. The number of hydrogen-bond acceptors (Lipinski definition) is 4. The van der Waals surface area contributed by atoms with Crippen molar-refractivity contribution < 1.29 is 9.94 Å². The van der Waals surface area contributed by atoms with Crippen LogP contribution in [0, 0.1) is 0 Å². The number of ether oxygens (including phenoxy) is 1. The molecule has 104 valence electrons. The molecule has 3 N–H and O–H groups in total. The van der Waals surface area contributed by atoms with Crippen molar-refractivity contribution in [2.45, 2.75) is 32.0 Å². The van der Waals surface area contributed by atoms with Crippen LogP contribution >= 0.6 is 0 Å². The van der Waals surface area contributed by atoms with E-state index in [-0.39, 0.29) is 11.9 Å². The summed E-state index contributed by atoms with van der Waals surface area (Å²) >= 11 is 0. The van der Waals surface area contributed by atoms with Crippen LogP contribution in [-0.2, 0) is 4.74 Å². The molecule has 1 aromatic carbocycles. The van der Waals surface area contributed by atoms with Crippen LogP contribution in [0.2, 0.25) is 0 Å². The van der Waals surface area contributed by atoms with Crippen molar-refractivity contribution in [2.24, 2.45) is 10.9 Å². The van der Waals surface area contributed by atoms with Crippen molar-refractivity contribution >= 4 is 11.5 Å². The molecule has 1 heterocycles. The first-order valence-corrected chi connectivity index (χ1v) is 6.55. The maximum Gasteiger partial charge on any atom is 0.172 e. The lowest BCUT2D eigenvalue weighted by Gasteiger charge is -2.25. The predicted molar refractivity (Wildman–Crippen MR) is 75.8 cm³/mol. The van der Waals surface area contributed by atoms with Crippen LogP contribution in [0.15, 0.2) is 29.4 Å². The summed E-state index contributed by atoms with van der Waals surface area (Å²) in [5.41, 5.74) is 7.39. The summed E-state index contributed by atoms with van der Waals surface area (Å²) in [6.07, 6.45) is 2.79. The van der Waals surface area contributed by atoms with E-state index in [0.29, 0.717) is 6.10 Å². The largest absolute Gasteiger partial charge is 0.409 e. The zero-order valence-corrected chi connectivity index (χ0v) is 11.4. The van der Waals surface area contributed by atoms with Gasteiger partial charge in [0.1, 0.15) is 0 Å². The summed E-state index contributed by atoms with van der Waals surface area (Å²) in [5, 5.41) is 11.9. The topological polar surface area (TPSA) is 71.1 Å². The van der Waals surface area contributed by atoms with Crippen molar-refractivity contribution in [2.75, 3.05) is 18.5 Å². The van der Waals surface area contributed by atoms with Gasteiger partial charge in [0, 0.05) is 24.8 Å². The smallest absolute Gasteiger partial charge is 0.172 e. The first-order valence-electron chi connectivity index (χ1n) is 6.55. The molecule has 5 heteroatoms. The zero-order chi connectivity index (χ0) is 13.8. The Labute approximate surface area is 113 Å². The van der Waals surface area contributed by atoms with Crippen LogP contribution in [0.1, 0.15) is 25.3 Å². The maximum atomic E-state index is 8.83. The second kappa shape index (κ2) is 5.93. The summed E-state index contributed by atoms with van der Waals surface area (Å²) in [7, 11) is 2.00. The molecule has 1 aromatic rings. The van der Waals surface area contributed by atoms with Gasteiger partial charge in [0.15, 0.2) is 5.84 Å². The second-order valence-electron chi connectivity index (χ2n) is 5.03. The molecule has 1 aliphatic heterocycles. The van der Waals surface area contributed by atoms with E-state index in [2.05, 4.69) is 17.0 Å². The van der Waals surface area contributed by atoms with E-state index in [1.807, 2.05) is 31.3 Å². The fourth-order valence-corrected chi connectivity index (χ4v) is 2.50. The van der Waals surface area contributed by atoms with E-state index in [0.717, 1.165) is 30.6 Å². The number of para-hydroxylation sites is 1. The number of anilines is 1. The fraction of sp³-hybridized carbons (Fsp3) is 0.500. The zero-order valence-electron chi connectivity index (χ0n) is 11.4. The SMILES string of the molecule is CC1CCC(CN(C)c2ccccc2/C(N)=N/O)O1. The van der Waals surface area contributed by atoms with Crippen molar-refractivity contribution in [3.05, 3.63) is 29.8 Å². The van der Waals surface area contributed by atoms with Gasteiger partial charge in [0.25, 0.3) is 0 Å². The number of nitrogens with two attached hydrogens (primary N) is 1. The lowest BCUT2D eigenvalue weighted by atomic mass is 10.1. The Morgan fingerprint density at radius 3 is 2.84 bits per heavy atom. The Balaban J connectivity index is 2.12. The van der Waals surface area contributed by atoms with Crippen molar-refractivity contribution in [1.29, 1.82) is 0 Å². The molecule has 0 bridgehead atoms. The van der Waals surface area contributed by atoms with Gasteiger partial charge in [-0.15, -0.1) is 0 Å². The molecule has 0 aliphatic carbocycles. The Hall–Kier alpha value is -1.75. The van der Waals surface area contributed by atoms with Gasteiger partial charge >= 0.3 is 0 Å². The molecule has 2 unspecified atom stereocenters. The van der Waals surface area contributed by atoms with E-state index >= 15 is 0 Å². The third-order valence-electron chi connectivity index (χ3n) is 3.50. The minimum Gasteiger partial charge on any atom is -0.409 e. The first kappa shape index (κ1) is 13.7. The highest BCUT2D eigenvalue weighted by molar-refractivity contribution is 6.02. The van der Waals surface area contributed by atoms with E-state index in [1.54, 1.807) is 0 Å². The highest BCUT2D eigenvalue weighted by Gasteiger charge is 2.23. The molecule has 1 saturated heterocycles. The van der Waals surface area contributed by atoms with Gasteiger partial charge < -0.3 is 20.6 Å². The van der Waals surface area contributed by atoms with Crippen LogP contribution in [0.4, 0.5) is 5.69 Å². The van der Waals surface area contributed by atoms with E-state index < -0.39 is 0 Å². The lowest BCUT2D eigenvalue weighted by Crippen LogP contribution is -2.31. The van der Waals surface area contributed by atoms with Crippen molar-refractivity contribution in [1.82, 2.24) is 0 Å². The van der Waals surface area contributed by atoms with Crippen molar-refractivity contribution in [3.63, 3.8) is 0 Å². The van der Waals surface area contributed by atoms with Gasteiger partial charge in [0.05, 0.1) is 12.2 Å². The summed E-state index contributed by atoms with van der Waals surface area (Å²) in [4.78, 5) is 2.09. The molecule has 0 spiro atoms. The molecular weight excluding hydrogens is 242 g/mol. The molecule has 0 aromatic heterocycles. The summed E-state index contributed by atoms with van der Waals surface area (Å²) in [6, 6.07) is 7.63. The lowest BCUT2D eigenvalue weighted by molar-refractivity contribution is 0.0606. The minimum atomic E-state index is 0.128. The molecular formula is C14H21N3O2. The molecule has 5 nitrogen and oxygen atoms in total. The highest BCUT2D eigenvalue weighted by Crippen LogP contribution is 2.24. The number of amidine groups is 1. The highest BCUT2D eigenvalue weighted by atomic mass is 16.5. The summed E-state index contributed by atoms with van der Waals surface area (Å²) in [5.74, 6) is 0.128. The van der Waals surface area contributed by atoms with Gasteiger partial charge in [0.2, 0.25) is 0 Å². The number of likely N-dealkylation sites (N-methyl/N-ethyl adjacent to an activating group) is 1. The number of benzene rings is 1. The number of rotatable bonds is 4. The molecule has 2 atom stereocenters. The molecule has 19 heavy (non-hydrogen) atoms. The van der Waals surface area contributed by atoms with Gasteiger partial charge in [-0.25, -0.2) is 0 Å². The Kier molecular flexibility index (Phi) is 4.27.